The Morgan fingerprint density at radius 2 is 1.00 bits per heavy atom. The van der Waals surface area contributed by atoms with E-state index in [2.05, 4.69) is 163 Å². The van der Waals surface area contributed by atoms with E-state index in [1.54, 1.807) is 0 Å². The average Bonchev–Trinajstić information content (AvgIpc) is 3.60. The van der Waals surface area contributed by atoms with Crippen molar-refractivity contribution in [1.29, 1.82) is 0 Å². The van der Waals surface area contributed by atoms with Gasteiger partial charge in [-0.2, -0.15) is 0 Å². The van der Waals surface area contributed by atoms with E-state index in [0.29, 0.717) is 17.9 Å². The van der Waals surface area contributed by atoms with Crippen molar-refractivity contribution < 1.29 is 0 Å². The highest BCUT2D eigenvalue weighted by Crippen LogP contribution is 2.62. The molecule has 0 amide bonds. The van der Waals surface area contributed by atoms with Gasteiger partial charge in [-0.3, -0.25) is 0 Å². The van der Waals surface area contributed by atoms with Gasteiger partial charge in [-0.25, -0.2) is 0 Å². The van der Waals surface area contributed by atoms with Crippen LogP contribution in [0, 0.1) is 0 Å². The fourth-order valence-electron chi connectivity index (χ4n) is 8.40. The minimum absolute atomic E-state index is 0.309. The maximum Gasteiger partial charge on any atom is 0.0665 e. The van der Waals surface area contributed by atoms with Crippen LogP contribution in [0.4, 0.5) is 11.4 Å². The van der Waals surface area contributed by atoms with E-state index in [-0.39, 0.29) is 0 Å². The van der Waals surface area contributed by atoms with E-state index in [0.717, 1.165) is 6.42 Å². The third kappa shape index (κ3) is 3.80. The van der Waals surface area contributed by atoms with Gasteiger partial charge in [0.05, 0.1) is 6.04 Å². The molecule has 1 heteroatoms. The number of rotatable bonds is 3. The lowest BCUT2D eigenvalue weighted by Gasteiger charge is -2.32. The molecule has 3 atom stereocenters. The number of fused-ring (bicyclic) bond motifs is 8. The van der Waals surface area contributed by atoms with E-state index < -0.39 is 0 Å². The third-order valence-electron chi connectivity index (χ3n) is 10.5. The van der Waals surface area contributed by atoms with Gasteiger partial charge in [-0.15, -0.1) is 0 Å². The van der Waals surface area contributed by atoms with Gasteiger partial charge in [-0.1, -0.05) is 127 Å². The number of allylic oxidation sites excluding steroid dienone is 1. The Balaban J connectivity index is 1.21. The molecule has 3 aliphatic rings. The lowest BCUT2D eigenvalue weighted by atomic mass is 9.73. The van der Waals surface area contributed by atoms with Gasteiger partial charge in [0.25, 0.3) is 0 Å². The molecule has 0 N–H and O–H groups in total. The lowest BCUT2D eigenvalue weighted by molar-refractivity contribution is 0.551. The smallest absolute Gasteiger partial charge is 0.0665 e. The summed E-state index contributed by atoms with van der Waals surface area (Å²) in [4.78, 5) is 2.67. The number of benzene rings is 7. The second-order valence-corrected chi connectivity index (χ2v) is 12.9. The molecule has 7 aromatic rings. The largest absolute Gasteiger partial charge is 0.332 e. The van der Waals surface area contributed by atoms with Crippen LogP contribution in [-0.2, 0) is 0 Å². The van der Waals surface area contributed by atoms with Crippen molar-refractivity contribution in [3.8, 4) is 22.3 Å². The molecule has 0 bridgehead atoms. The highest BCUT2D eigenvalue weighted by Gasteiger charge is 2.50. The first-order chi connectivity index (χ1) is 22.3. The predicted molar refractivity (Wildman–Crippen MR) is 189 cm³/mol. The molecule has 2 aliphatic heterocycles. The Hall–Kier alpha value is -5.40. The standard InChI is InChI=1S/C44H31N/c1-3-11-28(12-4-1)34-19-35(29-13-5-2-6-14-29)21-36(20-34)37-24-40-38-22-30-15-7-9-17-32(30)26-42(38)45-43-27-33-18-10-8-16-31(33)23-39(43)41(25-37)44(40)45/h1-24,26-27,37,41,44H,25H2. The molecular weight excluding hydrogens is 542 g/mol. The molecule has 0 aromatic heterocycles. The molecule has 0 radical (unpaired) electrons. The second kappa shape index (κ2) is 9.55. The summed E-state index contributed by atoms with van der Waals surface area (Å²) in [5, 5.41) is 5.27. The summed E-state index contributed by atoms with van der Waals surface area (Å²) in [5.41, 5.74) is 13.6. The van der Waals surface area contributed by atoms with Gasteiger partial charge < -0.3 is 4.90 Å². The normalized spacial score (nSPS) is 19.3. The highest BCUT2D eigenvalue weighted by atomic mass is 15.2. The first kappa shape index (κ1) is 25.0. The first-order valence-electron chi connectivity index (χ1n) is 16.1. The van der Waals surface area contributed by atoms with Gasteiger partial charge >= 0.3 is 0 Å². The molecule has 0 fully saturated rings. The monoisotopic (exact) mass is 573 g/mol. The topological polar surface area (TPSA) is 3.24 Å². The zero-order chi connectivity index (χ0) is 29.5. The Morgan fingerprint density at radius 1 is 0.467 bits per heavy atom. The van der Waals surface area contributed by atoms with Crippen LogP contribution < -0.4 is 4.90 Å². The van der Waals surface area contributed by atoms with E-state index in [9.17, 15) is 0 Å². The molecular formula is C44H31N. The van der Waals surface area contributed by atoms with Crippen LogP contribution in [0.15, 0.2) is 158 Å². The van der Waals surface area contributed by atoms with Crippen molar-refractivity contribution in [3.63, 3.8) is 0 Å². The summed E-state index contributed by atoms with van der Waals surface area (Å²) < 4.78 is 0. The molecule has 0 saturated carbocycles. The summed E-state index contributed by atoms with van der Waals surface area (Å²) in [6.45, 7) is 0. The Labute approximate surface area is 263 Å². The van der Waals surface area contributed by atoms with Gasteiger partial charge in [0, 0.05) is 28.8 Å². The molecule has 7 aromatic carbocycles. The Kier molecular flexibility index (Phi) is 5.30. The molecule has 2 heterocycles. The maximum absolute atomic E-state index is 2.67. The van der Waals surface area contributed by atoms with Crippen molar-refractivity contribution in [2.45, 2.75) is 24.3 Å². The Morgan fingerprint density at radius 3 is 1.62 bits per heavy atom. The maximum atomic E-state index is 2.67. The number of anilines is 2. The minimum Gasteiger partial charge on any atom is -0.332 e. The van der Waals surface area contributed by atoms with Gasteiger partial charge in [0.15, 0.2) is 0 Å². The van der Waals surface area contributed by atoms with Crippen LogP contribution in [0.3, 0.4) is 0 Å². The van der Waals surface area contributed by atoms with Crippen LogP contribution in [-0.4, -0.2) is 6.04 Å². The van der Waals surface area contributed by atoms with Crippen LogP contribution in [0.25, 0.3) is 49.4 Å². The fourth-order valence-corrected chi connectivity index (χ4v) is 8.40. The number of nitrogens with zero attached hydrogens (tertiary/aromatic N) is 1. The van der Waals surface area contributed by atoms with Crippen molar-refractivity contribution in [3.05, 3.63) is 174 Å². The second-order valence-electron chi connectivity index (χ2n) is 12.9. The lowest BCUT2D eigenvalue weighted by Crippen LogP contribution is -2.29. The molecule has 0 saturated heterocycles. The molecule has 212 valence electrons. The fraction of sp³-hybridized carbons (Fsp3) is 0.0909. The highest BCUT2D eigenvalue weighted by molar-refractivity contribution is 6.04. The van der Waals surface area contributed by atoms with Crippen LogP contribution in [0.2, 0.25) is 0 Å². The van der Waals surface area contributed by atoms with Crippen molar-refractivity contribution >= 4 is 38.5 Å². The molecule has 3 unspecified atom stereocenters. The van der Waals surface area contributed by atoms with E-state index in [4.69, 9.17) is 0 Å². The van der Waals surface area contributed by atoms with Crippen molar-refractivity contribution in [1.82, 2.24) is 0 Å². The summed E-state index contributed by atoms with van der Waals surface area (Å²) in [7, 11) is 0. The van der Waals surface area contributed by atoms with Crippen molar-refractivity contribution in [2.75, 3.05) is 4.90 Å². The summed E-state index contributed by atoms with van der Waals surface area (Å²) in [5.74, 6) is 0.731. The SMILES string of the molecule is C1=C2c3cc4ccccc4cc3N3c4cc5ccccc5cc4C(CC1c1cc(-c4ccccc4)cc(-c4ccccc4)c1)C23. The number of hydrogen-bond donors (Lipinski definition) is 0. The quantitative estimate of drug-likeness (QED) is 0.203. The molecule has 10 rings (SSSR count). The van der Waals surface area contributed by atoms with Crippen LogP contribution >= 0.6 is 0 Å². The minimum atomic E-state index is 0.309. The average molecular weight is 574 g/mol. The van der Waals surface area contributed by atoms with E-state index >= 15 is 0 Å². The zero-order valence-electron chi connectivity index (χ0n) is 24.9. The third-order valence-corrected chi connectivity index (χ3v) is 10.5. The molecule has 45 heavy (non-hydrogen) atoms. The van der Waals surface area contributed by atoms with E-state index in [1.165, 1.54) is 77.4 Å². The summed E-state index contributed by atoms with van der Waals surface area (Å²) in [6, 6.07) is 56.8. The number of hydrogen-bond acceptors (Lipinski definition) is 1. The van der Waals surface area contributed by atoms with Gasteiger partial charge in [0.2, 0.25) is 0 Å². The zero-order valence-corrected chi connectivity index (χ0v) is 24.9. The predicted octanol–water partition coefficient (Wildman–Crippen LogP) is 11.5. The molecule has 1 nitrogen and oxygen atoms in total. The summed E-state index contributed by atoms with van der Waals surface area (Å²) in [6.07, 6.45) is 3.72. The molecule has 1 aliphatic carbocycles. The first-order valence-corrected chi connectivity index (χ1v) is 16.1. The van der Waals surface area contributed by atoms with Crippen LogP contribution in [0.1, 0.15) is 34.9 Å². The Bertz CT molecular complexity index is 2260. The molecule has 0 spiro atoms. The van der Waals surface area contributed by atoms with E-state index in [1.807, 2.05) is 0 Å². The van der Waals surface area contributed by atoms with Crippen LogP contribution in [0.5, 0.6) is 0 Å². The van der Waals surface area contributed by atoms with Crippen molar-refractivity contribution in [2.24, 2.45) is 0 Å². The van der Waals surface area contributed by atoms with Gasteiger partial charge in [0.1, 0.15) is 0 Å². The van der Waals surface area contributed by atoms with Gasteiger partial charge in [-0.05, 0) is 97.3 Å². The summed E-state index contributed by atoms with van der Waals surface area (Å²) >= 11 is 0.